The summed E-state index contributed by atoms with van der Waals surface area (Å²) in [5, 5.41) is 7.49. The second-order valence-corrected chi connectivity index (χ2v) is 10.3. The molecule has 2 aromatic carbocycles. The maximum absolute atomic E-state index is 13.2. The molecule has 0 aromatic heterocycles. The van der Waals surface area contributed by atoms with Gasteiger partial charge in [0.25, 0.3) is 11.4 Å². The molecule has 1 aliphatic heterocycles. The van der Waals surface area contributed by atoms with Crippen LogP contribution in [-0.2, 0) is 52.0 Å². The summed E-state index contributed by atoms with van der Waals surface area (Å²) in [5.41, 5.74) is 11.5. The summed E-state index contributed by atoms with van der Waals surface area (Å²) < 4.78 is 35.0. The van der Waals surface area contributed by atoms with Crippen LogP contribution in [-0.4, -0.2) is 68.3 Å². The van der Waals surface area contributed by atoms with Gasteiger partial charge in [-0.05, 0) is 36.5 Å². The maximum atomic E-state index is 13.2. The number of nitrogens with one attached hydrogen (secondary N) is 1. The minimum absolute atomic E-state index is 0.0245. The number of nitrogen functional groups attached to an aromatic ring is 1. The number of nitrogens with two attached hydrogens (primary N) is 2. The number of carbonyl (C=O) groups excluding carboxylic acids is 4. The Hall–Kier alpha value is -4.59. The first-order valence-electron chi connectivity index (χ1n) is 12.6. The van der Waals surface area contributed by atoms with Crippen LogP contribution in [0.2, 0.25) is 0 Å². The second kappa shape index (κ2) is 13.2. The Morgan fingerprint density at radius 3 is 2.12 bits per heavy atom. The summed E-state index contributed by atoms with van der Waals surface area (Å²) in [6, 6.07) is 11.5. The fourth-order valence-corrected chi connectivity index (χ4v) is 5.57. The van der Waals surface area contributed by atoms with Crippen molar-refractivity contribution in [2.75, 3.05) is 25.7 Å². The van der Waals surface area contributed by atoms with E-state index in [0.29, 0.717) is 46.6 Å². The molecule has 0 saturated heterocycles. The van der Waals surface area contributed by atoms with E-state index in [2.05, 4.69) is 9.47 Å². The molecule has 5 N–H and O–H groups in total. The molecule has 0 unspecified atom stereocenters. The lowest BCUT2D eigenvalue weighted by molar-refractivity contribution is -0.493. The number of esters is 2. The number of fused-ring (bicyclic) bond motifs is 1. The molecule has 0 bridgehead atoms. The number of methoxy groups -OCH3 is 2. The summed E-state index contributed by atoms with van der Waals surface area (Å²) >= 11 is 0. The predicted octanol–water partition coefficient (Wildman–Crippen LogP) is 0.940. The van der Waals surface area contributed by atoms with E-state index < -0.39 is 46.7 Å². The van der Waals surface area contributed by atoms with Gasteiger partial charge in [0.1, 0.15) is 18.7 Å². The average molecular weight is 587 g/mol. The van der Waals surface area contributed by atoms with Crippen molar-refractivity contribution in [1.29, 1.82) is 5.41 Å². The Bertz CT molecular complexity index is 1490. The fraction of sp³-hybridized carbons (Fsp3) is 0.370. The molecule has 0 fully saturated rings. The predicted molar refractivity (Wildman–Crippen MR) is 147 cm³/mol. The van der Waals surface area contributed by atoms with Crippen LogP contribution in [0.25, 0.3) is 0 Å². The SMILES string of the molecule is COC(=O)CC(CC(=O)OC)(C(N)=O)[N+](c1ccc2c(c1)CCCN2C(=O)CCc1ccc(C(=N)N)cc1)=S(=O)=O. The number of benzene rings is 2. The Morgan fingerprint density at radius 1 is 1.00 bits per heavy atom. The van der Waals surface area contributed by atoms with Crippen molar-refractivity contribution in [1.82, 2.24) is 0 Å². The number of hydrogen-bond acceptors (Lipinski definition) is 9. The number of primary amides is 1. The lowest BCUT2D eigenvalue weighted by Crippen LogP contribution is -2.54. The third-order valence-corrected chi connectivity index (χ3v) is 7.79. The summed E-state index contributed by atoms with van der Waals surface area (Å²) in [5.74, 6) is -3.35. The van der Waals surface area contributed by atoms with Gasteiger partial charge in [-0.3, -0.25) is 24.6 Å². The van der Waals surface area contributed by atoms with Crippen molar-refractivity contribution in [3.63, 3.8) is 0 Å². The maximum Gasteiger partial charge on any atom is 0.466 e. The Labute approximate surface area is 238 Å². The van der Waals surface area contributed by atoms with Crippen LogP contribution in [0.5, 0.6) is 0 Å². The molecule has 218 valence electrons. The lowest BCUT2D eigenvalue weighted by atomic mass is 9.89. The zero-order valence-electron chi connectivity index (χ0n) is 22.7. The number of nitrogens with zero attached hydrogens (tertiary/aromatic N) is 2. The molecule has 0 spiro atoms. The highest BCUT2D eigenvalue weighted by Crippen LogP contribution is 2.35. The molecule has 41 heavy (non-hydrogen) atoms. The molecule has 13 nitrogen and oxygen atoms in total. The molecule has 2 amide bonds. The smallest absolute Gasteiger partial charge is 0.466 e. The molecule has 0 aliphatic carbocycles. The molecular formula is C27H32N5O8S+. The van der Waals surface area contributed by atoms with Crippen molar-refractivity contribution in [2.24, 2.45) is 11.5 Å². The van der Waals surface area contributed by atoms with Gasteiger partial charge in [0.05, 0.1) is 14.2 Å². The first kappa shape index (κ1) is 30.9. The summed E-state index contributed by atoms with van der Waals surface area (Å²) in [6.07, 6.45) is 0.109. The Kier molecular flexibility index (Phi) is 9.94. The second-order valence-electron chi connectivity index (χ2n) is 9.49. The van der Waals surface area contributed by atoms with E-state index in [4.69, 9.17) is 16.9 Å². The Morgan fingerprint density at radius 2 is 1.61 bits per heavy atom. The van der Waals surface area contributed by atoms with E-state index in [9.17, 15) is 27.6 Å². The average Bonchev–Trinajstić information content (AvgIpc) is 2.95. The van der Waals surface area contributed by atoms with E-state index in [1.165, 1.54) is 12.1 Å². The van der Waals surface area contributed by atoms with Gasteiger partial charge in [-0.2, -0.15) is 0 Å². The number of hydrogen-bond donors (Lipinski definition) is 3. The zero-order chi connectivity index (χ0) is 30.3. The number of amides is 2. The van der Waals surface area contributed by atoms with Crippen LogP contribution < -0.4 is 16.4 Å². The highest BCUT2D eigenvalue weighted by atomic mass is 32.2. The standard InChI is InChI=1S/C27H31N5O8S/c1-39-23(34)15-27(26(30)36,16-24(35)40-2)32(41(37)38)20-10-11-21-19(14-20)4-3-13-31(21)22(33)12-7-17-5-8-18(9-6-17)25(28)29/h5-6,8-11,14H,3-4,7,12-13,15-16H2,1-2H3,(H4-,28,29,30,36)/p+1. The zero-order valence-corrected chi connectivity index (χ0v) is 23.5. The van der Waals surface area contributed by atoms with Gasteiger partial charge in [-0.15, -0.1) is 8.42 Å². The van der Waals surface area contributed by atoms with Gasteiger partial charge in [0, 0.05) is 36.3 Å². The third-order valence-electron chi connectivity index (χ3n) is 6.94. The molecule has 0 radical (unpaired) electrons. The van der Waals surface area contributed by atoms with Gasteiger partial charge >= 0.3 is 22.4 Å². The highest BCUT2D eigenvalue weighted by Gasteiger charge is 2.55. The van der Waals surface area contributed by atoms with Crippen molar-refractivity contribution in [2.45, 2.75) is 44.1 Å². The molecule has 14 heteroatoms. The monoisotopic (exact) mass is 586 g/mol. The normalized spacial score (nSPS) is 12.6. The summed E-state index contributed by atoms with van der Waals surface area (Å²) in [7, 11) is -1.06. The van der Waals surface area contributed by atoms with Gasteiger partial charge < -0.3 is 25.8 Å². The number of rotatable bonds is 11. The van der Waals surface area contributed by atoms with Crippen LogP contribution in [0.15, 0.2) is 42.5 Å². The van der Waals surface area contributed by atoms with Crippen LogP contribution in [0.4, 0.5) is 11.4 Å². The van der Waals surface area contributed by atoms with Gasteiger partial charge in [-0.1, -0.05) is 28.2 Å². The number of amidine groups is 1. The third kappa shape index (κ3) is 6.95. The van der Waals surface area contributed by atoms with Gasteiger partial charge in [0.15, 0.2) is 0 Å². The molecule has 0 atom stereocenters. The Balaban J connectivity index is 1.96. The lowest BCUT2D eigenvalue weighted by Gasteiger charge is -2.30. The first-order valence-corrected chi connectivity index (χ1v) is 13.7. The van der Waals surface area contributed by atoms with Gasteiger partial charge in [0.2, 0.25) is 11.6 Å². The van der Waals surface area contributed by atoms with E-state index in [1.807, 2.05) is 12.1 Å². The minimum atomic E-state index is -3.16. The molecule has 1 aliphatic rings. The first-order chi connectivity index (χ1) is 19.4. The van der Waals surface area contributed by atoms with Crippen molar-refractivity contribution < 1.29 is 41.0 Å². The molecular weight excluding hydrogens is 554 g/mol. The van der Waals surface area contributed by atoms with E-state index >= 15 is 0 Å². The van der Waals surface area contributed by atoms with Gasteiger partial charge in [-0.25, -0.2) is 0 Å². The van der Waals surface area contributed by atoms with Crippen LogP contribution in [0, 0.1) is 5.41 Å². The number of anilines is 1. The van der Waals surface area contributed by atoms with E-state index in [1.54, 1.807) is 23.1 Å². The molecule has 3 rings (SSSR count). The van der Waals surface area contributed by atoms with E-state index in [-0.39, 0.29) is 23.9 Å². The molecule has 1 heterocycles. The van der Waals surface area contributed by atoms with Crippen molar-refractivity contribution in [3.05, 3.63) is 59.2 Å². The van der Waals surface area contributed by atoms with Crippen LogP contribution in [0.1, 0.15) is 42.4 Å². The van der Waals surface area contributed by atoms with Crippen LogP contribution in [0.3, 0.4) is 0 Å². The summed E-state index contributed by atoms with van der Waals surface area (Å²) in [4.78, 5) is 52.1. The van der Waals surface area contributed by atoms with Crippen LogP contribution >= 0.6 is 0 Å². The minimum Gasteiger partial charge on any atom is -0.469 e. The highest BCUT2D eigenvalue weighted by molar-refractivity contribution is 7.59. The van der Waals surface area contributed by atoms with Crippen molar-refractivity contribution >= 4 is 51.5 Å². The van der Waals surface area contributed by atoms with E-state index in [0.717, 1.165) is 19.8 Å². The molecule has 2 aromatic rings. The largest absolute Gasteiger partial charge is 0.469 e. The summed E-state index contributed by atoms with van der Waals surface area (Å²) in [6.45, 7) is 0.460. The number of ether oxygens (including phenoxy) is 2. The number of carbonyl (C=O) groups is 4. The fourth-order valence-electron chi connectivity index (χ4n) is 4.78. The quantitative estimate of drug-likeness (QED) is 0.148. The molecule has 0 saturated carbocycles. The number of aryl methyl sites for hydroxylation is 2. The van der Waals surface area contributed by atoms with Crippen molar-refractivity contribution in [3.8, 4) is 0 Å². The topological polar surface area (TPSA) is 203 Å².